The molecule has 3 aromatic rings. The van der Waals surface area contributed by atoms with E-state index in [0.717, 1.165) is 40.1 Å². The number of sulfone groups is 1. The van der Waals surface area contributed by atoms with Crippen molar-refractivity contribution in [3.05, 3.63) is 99.1 Å². The van der Waals surface area contributed by atoms with Gasteiger partial charge in [-0.3, -0.25) is 10.2 Å². The van der Waals surface area contributed by atoms with Crippen LogP contribution >= 0.6 is 0 Å². The molecule has 38 heavy (non-hydrogen) atoms. The van der Waals surface area contributed by atoms with Crippen molar-refractivity contribution in [3.8, 4) is 0 Å². The highest BCUT2D eigenvalue weighted by Crippen LogP contribution is 2.54. The van der Waals surface area contributed by atoms with Gasteiger partial charge in [-0.15, -0.1) is 0 Å². The van der Waals surface area contributed by atoms with Gasteiger partial charge in [-0.25, -0.2) is 17.2 Å². The summed E-state index contributed by atoms with van der Waals surface area (Å²) in [6, 6.07) is 13.2. The van der Waals surface area contributed by atoms with Crippen molar-refractivity contribution in [1.82, 2.24) is 5.32 Å². The molecule has 4 N–H and O–H groups in total. The molecule has 0 aromatic heterocycles. The SMILES string of the molecule is N=C(N)c1cc(F)c(CNC(=O)c2ccc3c(c2)[C@@H]2O[C@H]3c3ccc(N4CCS(=O)(=O)CC4)cc32)c(F)c1. The van der Waals surface area contributed by atoms with E-state index in [1.165, 1.54) is 0 Å². The predicted octanol–water partition coefficient (Wildman–Crippen LogP) is 2.94. The van der Waals surface area contributed by atoms with E-state index in [1.54, 1.807) is 12.1 Å². The minimum atomic E-state index is -2.99. The van der Waals surface area contributed by atoms with Gasteiger partial charge in [0.1, 0.15) is 29.7 Å². The van der Waals surface area contributed by atoms with Crippen LogP contribution in [0.5, 0.6) is 0 Å². The molecule has 0 saturated carbocycles. The Balaban J connectivity index is 1.20. The lowest BCUT2D eigenvalue weighted by molar-refractivity contribution is 0.0857. The van der Waals surface area contributed by atoms with Gasteiger partial charge in [-0.2, -0.15) is 0 Å². The number of nitrogen functional groups attached to an aromatic ring is 1. The maximum atomic E-state index is 14.4. The van der Waals surface area contributed by atoms with E-state index in [1.807, 2.05) is 24.3 Å². The Morgan fingerprint density at radius 1 is 0.947 bits per heavy atom. The topological polar surface area (TPSA) is 126 Å². The van der Waals surface area contributed by atoms with Crippen LogP contribution in [0, 0.1) is 17.0 Å². The maximum absolute atomic E-state index is 14.4. The number of benzene rings is 3. The molecule has 3 aromatic carbocycles. The molecule has 0 radical (unpaired) electrons. The number of halogens is 2. The van der Waals surface area contributed by atoms with Gasteiger partial charge >= 0.3 is 0 Å². The fourth-order valence-electron chi connectivity index (χ4n) is 5.34. The van der Waals surface area contributed by atoms with Crippen molar-refractivity contribution >= 4 is 27.3 Å². The van der Waals surface area contributed by atoms with E-state index in [9.17, 15) is 22.0 Å². The van der Waals surface area contributed by atoms with Crippen LogP contribution in [0.3, 0.4) is 0 Å². The van der Waals surface area contributed by atoms with Crippen LogP contribution in [-0.2, 0) is 21.1 Å². The molecule has 0 unspecified atom stereocenters. The highest BCUT2D eigenvalue weighted by molar-refractivity contribution is 7.91. The Labute approximate surface area is 217 Å². The fourth-order valence-corrected chi connectivity index (χ4v) is 6.54. The van der Waals surface area contributed by atoms with Gasteiger partial charge in [-0.1, -0.05) is 12.1 Å². The molecule has 6 rings (SSSR count). The maximum Gasteiger partial charge on any atom is 0.251 e. The summed E-state index contributed by atoms with van der Waals surface area (Å²) in [6.07, 6.45) is -0.610. The smallest absolute Gasteiger partial charge is 0.251 e. The van der Waals surface area contributed by atoms with Crippen LogP contribution in [0.2, 0.25) is 0 Å². The number of nitrogens with zero attached hydrogens (tertiary/aromatic N) is 1. The number of nitrogens with two attached hydrogens (primary N) is 1. The first kappa shape index (κ1) is 24.5. The van der Waals surface area contributed by atoms with Crippen molar-refractivity contribution < 1.29 is 26.7 Å². The number of amidine groups is 1. The van der Waals surface area contributed by atoms with Gasteiger partial charge in [0, 0.05) is 42.0 Å². The number of hydrogen-bond donors (Lipinski definition) is 3. The number of anilines is 1. The summed E-state index contributed by atoms with van der Waals surface area (Å²) in [7, 11) is -2.99. The summed E-state index contributed by atoms with van der Waals surface area (Å²) in [4.78, 5) is 14.9. The van der Waals surface area contributed by atoms with E-state index < -0.39 is 33.2 Å². The molecule has 3 aliphatic rings. The second-order valence-electron chi connectivity index (χ2n) is 9.71. The van der Waals surface area contributed by atoms with E-state index in [-0.39, 0.29) is 41.4 Å². The number of nitrogens with one attached hydrogen (secondary N) is 2. The number of fused-ring (bicyclic) bond motifs is 8. The number of carbonyl (C=O) groups excluding carboxylic acids is 1. The summed E-state index contributed by atoms with van der Waals surface area (Å²) in [5, 5.41) is 9.90. The molecule has 0 aliphatic carbocycles. The fraction of sp³-hybridized carbons (Fsp3) is 0.259. The second kappa shape index (κ2) is 8.88. The van der Waals surface area contributed by atoms with Gasteiger partial charge in [0.05, 0.1) is 11.5 Å². The highest BCUT2D eigenvalue weighted by Gasteiger charge is 2.43. The molecule has 2 atom stereocenters. The van der Waals surface area contributed by atoms with Crippen LogP contribution in [0.4, 0.5) is 14.5 Å². The van der Waals surface area contributed by atoms with Gasteiger partial charge in [-0.05, 0) is 58.7 Å². The Morgan fingerprint density at radius 2 is 1.55 bits per heavy atom. The zero-order valence-corrected chi connectivity index (χ0v) is 20.9. The molecule has 2 bridgehead atoms. The van der Waals surface area contributed by atoms with Crippen LogP contribution in [0.25, 0.3) is 0 Å². The molecule has 0 spiro atoms. The Kier molecular flexibility index (Phi) is 5.73. The summed E-state index contributed by atoms with van der Waals surface area (Å²) in [5.41, 5.74) is 10.0. The third-order valence-corrected chi connectivity index (χ3v) is 9.02. The first-order chi connectivity index (χ1) is 18.1. The number of amides is 1. The molecule has 11 heteroatoms. The monoisotopic (exact) mass is 538 g/mol. The Bertz CT molecular complexity index is 1590. The molecule has 3 aliphatic heterocycles. The summed E-state index contributed by atoms with van der Waals surface area (Å²) < 4.78 is 58.6. The van der Waals surface area contributed by atoms with Crippen LogP contribution in [0.15, 0.2) is 48.5 Å². The van der Waals surface area contributed by atoms with Gasteiger partial charge in [0.2, 0.25) is 0 Å². The first-order valence-corrected chi connectivity index (χ1v) is 13.9. The molecule has 3 heterocycles. The van der Waals surface area contributed by atoms with E-state index in [2.05, 4.69) is 10.2 Å². The molecule has 1 saturated heterocycles. The highest BCUT2D eigenvalue weighted by atomic mass is 32.2. The lowest BCUT2D eigenvalue weighted by Gasteiger charge is -2.29. The van der Waals surface area contributed by atoms with E-state index in [4.69, 9.17) is 15.9 Å². The molecule has 8 nitrogen and oxygen atoms in total. The summed E-state index contributed by atoms with van der Waals surface area (Å²) in [5.74, 6) is -2.48. The van der Waals surface area contributed by atoms with Crippen LogP contribution in [-0.4, -0.2) is 44.8 Å². The van der Waals surface area contributed by atoms with E-state index >= 15 is 0 Å². The van der Waals surface area contributed by atoms with Gasteiger partial charge in [0.25, 0.3) is 5.91 Å². The standard InChI is InChI=1S/C27H24F2N4O4S/c28-22-10-15(26(30)31)11-23(29)21(22)13-32-27(34)14-1-3-17-19(9-14)25-20-12-16(2-4-18(20)24(17)37-25)33-5-7-38(35,36)8-6-33/h1-4,9-12,24-25H,5-8,13H2,(H3,30,31)(H,32,34)/t24-,25+/m1/s1. The van der Waals surface area contributed by atoms with Crippen molar-refractivity contribution in [3.63, 3.8) is 0 Å². The molecule has 196 valence electrons. The third-order valence-electron chi connectivity index (χ3n) is 7.41. The van der Waals surface area contributed by atoms with Crippen molar-refractivity contribution in [2.24, 2.45) is 5.73 Å². The zero-order valence-electron chi connectivity index (χ0n) is 20.1. The lowest BCUT2D eigenvalue weighted by atomic mass is 9.85. The molecule has 1 amide bonds. The molecule has 1 fully saturated rings. The minimum absolute atomic E-state index is 0.0718. The predicted molar refractivity (Wildman–Crippen MR) is 137 cm³/mol. The van der Waals surface area contributed by atoms with Crippen molar-refractivity contribution in [1.29, 1.82) is 5.41 Å². The van der Waals surface area contributed by atoms with Crippen LogP contribution < -0.4 is 16.0 Å². The number of carbonyl (C=O) groups is 1. The number of ether oxygens (including phenoxy) is 1. The minimum Gasteiger partial charge on any atom is -0.384 e. The largest absolute Gasteiger partial charge is 0.384 e. The van der Waals surface area contributed by atoms with Crippen molar-refractivity contribution in [2.75, 3.05) is 29.5 Å². The average molecular weight is 539 g/mol. The van der Waals surface area contributed by atoms with Crippen molar-refractivity contribution in [2.45, 2.75) is 18.8 Å². The number of hydrogen-bond acceptors (Lipinski definition) is 6. The Morgan fingerprint density at radius 3 is 2.21 bits per heavy atom. The second-order valence-corrected chi connectivity index (χ2v) is 12.0. The molecular weight excluding hydrogens is 514 g/mol. The normalized spacial score (nSPS) is 20.6. The lowest BCUT2D eigenvalue weighted by Crippen LogP contribution is -2.40. The number of rotatable bonds is 5. The van der Waals surface area contributed by atoms with Gasteiger partial charge in [0.15, 0.2) is 9.84 Å². The van der Waals surface area contributed by atoms with Crippen LogP contribution in [0.1, 0.15) is 55.9 Å². The van der Waals surface area contributed by atoms with E-state index in [0.29, 0.717) is 18.7 Å². The molecular formula is C27H24F2N4O4S. The third kappa shape index (κ3) is 4.11. The summed E-state index contributed by atoms with van der Waals surface area (Å²) in [6.45, 7) is 0.511. The first-order valence-electron chi connectivity index (χ1n) is 12.1. The average Bonchev–Trinajstić information content (AvgIpc) is 3.44. The zero-order chi connectivity index (χ0) is 26.8. The van der Waals surface area contributed by atoms with Gasteiger partial charge < -0.3 is 20.7 Å². The quantitative estimate of drug-likeness (QED) is 0.339. The Hall–Kier alpha value is -3.83. The summed E-state index contributed by atoms with van der Waals surface area (Å²) >= 11 is 0.